The molecule has 5 N–H and O–H groups in total. The Balaban J connectivity index is 1.47. The molecule has 3 saturated carbocycles. The number of para-hydroxylation sites is 1. The minimum atomic E-state index is -0.808. The van der Waals surface area contributed by atoms with Gasteiger partial charge in [0.15, 0.2) is 0 Å². The Morgan fingerprint density at radius 2 is 1.85 bits per heavy atom. The fraction of sp³-hybridized carbons (Fsp3) is 0.625. The van der Waals surface area contributed by atoms with Crippen molar-refractivity contribution in [2.75, 3.05) is 66.9 Å². The number of nitrogens with two attached hydrogens (primary N) is 1. The van der Waals surface area contributed by atoms with E-state index in [4.69, 9.17) is 20.0 Å². The molecule has 0 radical (unpaired) electrons. The van der Waals surface area contributed by atoms with E-state index in [0.717, 1.165) is 28.8 Å². The van der Waals surface area contributed by atoms with Gasteiger partial charge in [-0.2, -0.15) is 5.06 Å². The van der Waals surface area contributed by atoms with E-state index >= 15 is 0 Å². The minimum Gasteiger partial charge on any atom is -0.496 e. The quantitative estimate of drug-likeness (QED) is 0.226. The maximum Gasteiger partial charge on any atom is 0.407 e. The highest BCUT2D eigenvalue weighted by molar-refractivity contribution is 5.97. The summed E-state index contributed by atoms with van der Waals surface area (Å²) < 4.78 is 12.0. The third kappa shape index (κ3) is 8.43. The molecule has 4 fully saturated rings. The number of benzene rings is 2. The summed E-state index contributed by atoms with van der Waals surface area (Å²) in [5.41, 5.74) is 10.3. The minimum absolute atomic E-state index is 0.0283. The van der Waals surface area contributed by atoms with Gasteiger partial charge in [0.2, 0.25) is 5.91 Å². The standard InChI is InChI=1S/C40H61N7O6/c1-23-31-19-28(40(31,3)4)20-32(23)44-38(49)35-34(24(2)52-39(50)43-14-15-45(6)7)33(21-41)53-47(35)22-25-12-11-13-30(36(25)51-10)26-16-27(37(48)42-5)18-29(17-26)46(8)9/h11-13,16-18,23-24,28,31-35H,14-15,19-22,41H2,1-10H3,(H,42,48)(H,43,50)(H,44,49)/t23?,24-,28+,31-,32-,33-,34+,35-/m0/s1. The molecule has 13 nitrogen and oxygen atoms in total. The molecule has 1 saturated heterocycles. The molecule has 3 amide bonds. The highest BCUT2D eigenvalue weighted by Crippen LogP contribution is 2.61. The van der Waals surface area contributed by atoms with Crippen LogP contribution in [0.5, 0.6) is 5.75 Å². The van der Waals surface area contributed by atoms with Crippen LogP contribution in [-0.2, 0) is 20.9 Å². The van der Waals surface area contributed by atoms with E-state index < -0.39 is 30.3 Å². The zero-order valence-corrected chi connectivity index (χ0v) is 33.2. The van der Waals surface area contributed by atoms with Crippen molar-refractivity contribution in [3.8, 4) is 16.9 Å². The molecule has 292 valence electrons. The number of amides is 3. The third-order valence-electron chi connectivity index (χ3n) is 12.1. The van der Waals surface area contributed by atoms with Gasteiger partial charge in [0, 0.05) is 69.2 Å². The van der Waals surface area contributed by atoms with Gasteiger partial charge in [-0.15, -0.1) is 0 Å². The summed E-state index contributed by atoms with van der Waals surface area (Å²) in [4.78, 5) is 50.7. The van der Waals surface area contributed by atoms with Crippen molar-refractivity contribution in [3.63, 3.8) is 0 Å². The van der Waals surface area contributed by atoms with Crippen LogP contribution in [0.1, 0.15) is 56.5 Å². The van der Waals surface area contributed by atoms with Crippen LogP contribution in [0.3, 0.4) is 0 Å². The molecule has 0 spiro atoms. The van der Waals surface area contributed by atoms with E-state index in [0.29, 0.717) is 42.2 Å². The molecule has 13 heteroatoms. The first-order chi connectivity index (χ1) is 25.1. The lowest BCUT2D eigenvalue weighted by Gasteiger charge is -2.62. The molecule has 8 atom stereocenters. The number of nitrogens with zero attached hydrogens (tertiary/aromatic N) is 3. The number of hydrogen-bond acceptors (Lipinski definition) is 10. The number of nitrogens with one attached hydrogen (secondary N) is 3. The molecular formula is C40H61N7O6. The highest BCUT2D eigenvalue weighted by atomic mass is 16.7. The van der Waals surface area contributed by atoms with Gasteiger partial charge in [0.25, 0.3) is 5.91 Å². The lowest BCUT2D eigenvalue weighted by molar-refractivity contribution is -0.175. The van der Waals surface area contributed by atoms with Crippen molar-refractivity contribution in [3.05, 3.63) is 47.5 Å². The number of methoxy groups -OCH3 is 1. The first-order valence-corrected chi connectivity index (χ1v) is 18.8. The van der Waals surface area contributed by atoms with E-state index in [9.17, 15) is 14.4 Å². The SMILES string of the molecule is CNC(=O)c1cc(-c2cccc(CN3O[C@@H](CN)[C@@H]([C@H](C)OC(=O)NCCN(C)C)[C@H]3C(=O)N[C@H]3C[C@H]4C[C@@H](C3C)C4(C)C)c2OC)cc(N(C)C)c1. The van der Waals surface area contributed by atoms with Crippen LogP contribution < -0.4 is 31.3 Å². The normalized spacial score (nSPS) is 26.7. The molecule has 6 rings (SSSR count). The molecule has 53 heavy (non-hydrogen) atoms. The van der Waals surface area contributed by atoms with Crippen molar-refractivity contribution in [1.29, 1.82) is 0 Å². The molecule has 1 unspecified atom stereocenters. The smallest absolute Gasteiger partial charge is 0.407 e. The van der Waals surface area contributed by atoms with Gasteiger partial charge in [-0.1, -0.05) is 39.0 Å². The summed E-state index contributed by atoms with van der Waals surface area (Å²) in [6.45, 7) is 10.1. The molecule has 3 aliphatic carbocycles. The Morgan fingerprint density at radius 3 is 2.45 bits per heavy atom. The maximum atomic E-state index is 14.6. The van der Waals surface area contributed by atoms with Gasteiger partial charge in [0.1, 0.15) is 17.9 Å². The van der Waals surface area contributed by atoms with E-state index in [1.807, 2.05) is 74.4 Å². The molecule has 2 aromatic carbocycles. The predicted octanol–water partition coefficient (Wildman–Crippen LogP) is 3.71. The summed E-state index contributed by atoms with van der Waals surface area (Å²) in [6, 6.07) is 10.7. The number of hydroxylamine groups is 2. The van der Waals surface area contributed by atoms with Crippen LogP contribution in [0.4, 0.5) is 10.5 Å². The van der Waals surface area contributed by atoms with Gasteiger partial charge in [-0.25, -0.2) is 4.79 Å². The lowest BCUT2D eigenvalue weighted by Crippen LogP contribution is -2.62. The number of alkyl carbamates (subject to hydrolysis) is 1. The van der Waals surface area contributed by atoms with Crippen LogP contribution in [0.25, 0.3) is 11.1 Å². The summed E-state index contributed by atoms with van der Waals surface area (Å²) in [6.07, 6.45) is 0.289. The molecule has 2 aromatic rings. The van der Waals surface area contributed by atoms with Crippen molar-refractivity contribution >= 4 is 23.6 Å². The van der Waals surface area contributed by atoms with Crippen LogP contribution >= 0.6 is 0 Å². The highest BCUT2D eigenvalue weighted by Gasteiger charge is 2.57. The van der Waals surface area contributed by atoms with E-state index in [-0.39, 0.29) is 36.4 Å². The van der Waals surface area contributed by atoms with Gasteiger partial charge in [-0.05, 0) is 80.8 Å². The van der Waals surface area contributed by atoms with Gasteiger partial charge in [-0.3, -0.25) is 14.4 Å². The first kappa shape index (κ1) is 40.3. The number of ether oxygens (including phenoxy) is 2. The average Bonchev–Trinajstić information content (AvgIpc) is 3.49. The van der Waals surface area contributed by atoms with E-state index in [2.05, 4.69) is 36.7 Å². The number of anilines is 1. The first-order valence-electron chi connectivity index (χ1n) is 18.8. The Bertz CT molecular complexity index is 1630. The average molecular weight is 736 g/mol. The van der Waals surface area contributed by atoms with Gasteiger partial charge in [0.05, 0.1) is 25.7 Å². The Morgan fingerprint density at radius 1 is 1.11 bits per heavy atom. The van der Waals surface area contributed by atoms with E-state index in [1.165, 1.54) is 6.42 Å². The second-order valence-corrected chi connectivity index (χ2v) is 16.1. The number of rotatable bonds is 14. The zero-order valence-electron chi connectivity index (χ0n) is 33.2. The molecule has 0 aromatic heterocycles. The van der Waals surface area contributed by atoms with Crippen molar-refractivity contribution in [1.82, 2.24) is 25.9 Å². The van der Waals surface area contributed by atoms with Crippen molar-refractivity contribution in [2.24, 2.45) is 34.8 Å². The number of carbonyl (C=O) groups is 3. The Labute approximate surface area is 315 Å². The summed E-state index contributed by atoms with van der Waals surface area (Å²) >= 11 is 0. The predicted molar refractivity (Wildman–Crippen MR) is 206 cm³/mol. The molecule has 2 bridgehead atoms. The second kappa shape index (κ2) is 16.6. The van der Waals surface area contributed by atoms with Crippen molar-refractivity contribution < 1.29 is 28.7 Å². The summed E-state index contributed by atoms with van der Waals surface area (Å²) in [5, 5.41) is 10.6. The monoisotopic (exact) mass is 735 g/mol. The Kier molecular flexibility index (Phi) is 12.6. The number of hydrogen-bond donors (Lipinski definition) is 4. The van der Waals surface area contributed by atoms with Crippen LogP contribution in [0.2, 0.25) is 0 Å². The molecule has 4 aliphatic rings. The molecule has 1 heterocycles. The van der Waals surface area contributed by atoms with E-state index in [1.54, 1.807) is 26.1 Å². The Hall–Kier alpha value is -3.91. The van der Waals surface area contributed by atoms with Crippen LogP contribution in [0, 0.1) is 29.1 Å². The topological polar surface area (TPSA) is 151 Å². The largest absolute Gasteiger partial charge is 0.496 e. The van der Waals surface area contributed by atoms with Gasteiger partial charge < -0.3 is 41.0 Å². The number of fused-ring (bicyclic) bond motifs is 2. The fourth-order valence-electron chi connectivity index (χ4n) is 8.83. The second-order valence-electron chi connectivity index (χ2n) is 16.1. The van der Waals surface area contributed by atoms with Crippen molar-refractivity contribution in [2.45, 2.75) is 71.4 Å². The van der Waals surface area contributed by atoms with Gasteiger partial charge >= 0.3 is 6.09 Å². The fourth-order valence-corrected chi connectivity index (χ4v) is 8.83. The molecule has 1 aliphatic heterocycles. The summed E-state index contributed by atoms with van der Waals surface area (Å²) in [5.74, 6) is 1.11. The number of carbonyl (C=O) groups excluding carboxylic acids is 3. The summed E-state index contributed by atoms with van der Waals surface area (Å²) in [7, 11) is 10.9. The molecular weight excluding hydrogens is 674 g/mol. The third-order valence-corrected chi connectivity index (χ3v) is 12.1. The van der Waals surface area contributed by atoms with Crippen LogP contribution in [0.15, 0.2) is 36.4 Å². The lowest BCUT2D eigenvalue weighted by atomic mass is 9.45. The zero-order chi connectivity index (χ0) is 38.8. The number of likely N-dealkylation sites (N-methyl/N-ethyl adjacent to an activating group) is 1. The maximum absolute atomic E-state index is 14.6. The van der Waals surface area contributed by atoms with Crippen LogP contribution in [-0.4, -0.2) is 114 Å².